The molecule has 1 aliphatic rings. The fraction of sp³-hybridized carbons (Fsp3) is 0.400. The summed E-state index contributed by atoms with van der Waals surface area (Å²) < 4.78 is 10.6. The van der Waals surface area contributed by atoms with Gasteiger partial charge in [-0.2, -0.15) is 0 Å². The quantitative estimate of drug-likeness (QED) is 0.748. The molecule has 1 aliphatic heterocycles. The van der Waals surface area contributed by atoms with Gasteiger partial charge in [0.15, 0.2) is 0 Å². The van der Waals surface area contributed by atoms with E-state index in [4.69, 9.17) is 32.7 Å². The number of hydrogen-bond acceptors (Lipinski definition) is 2. The molecule has 2 nitrogen and oxygen atoms in total. The Labute approximate surface area is 92.7 Å². The maximum atomic E-state index is 5.99. The van der Waals surface area contributed by atoms with Crippen LogP contribution < -0.4 is 4.74 Å². The molecular weight excluding hydrogens is 223 g/mol. The summed E-state index contributed by atoms with van der Waals surface area (Å²) in [5.74, 6) is 0.701. The third kappa shape index (κ3) is 2.32. The summed E-state index contributed by atoms with van der Waals surface area (Å²) in [5, 5.41) is 1.18. The van der Waals surface area contributed by atoms with Gasteiger partial charge in [0.2, 0.25) is 0 Å². The molecule has 0 amide bonds. The predicted octanol–water partition coefficient (Wildman–Crippen LogP) is 3.08. The Kier molecular flexibility index (Phi) is 2.86. The normalized spacial score (nSPS) is 19.5. The molecule has 76 valence electrons. The number of ether oxygens (including phenoxy) is 2. The van der Waals surface area contributed by atoms with Crippen molar-refractivity contribution in [2.24, 2.45) is 0 Å². The van der Waals surface area contributed by atoms with Gasteiger partial charge in [0.05, 0.1) is 11.6 Å². The van der Waals surface area contributed by atoms with Gasteiger partial charge in [-0.15, -0.1) is 0 Å². The first-order chi connectivity index (χ1) is 6.66. The lowest BCUT2D eigenvalue weighted by atomic mass is 10.2. The summed E-state index contributed by atoms with van der Waals surface area (Å²) in [6, 6.07) is 3.51. The van der Waals surface area contributed by atoms with E-state index in [2.05, 4.69) is 0 Å². The van der Waals surface area contributed by atoms with Crippen molar-refractivity contribution in [3.63, 3.8) is 0 Å². The van der Waals surface area contributed by atoms with Gasteiger partial charge < -0.3 is 9.47 Å². The Balaban J connectivity index is 2.13. The van der Waals surface area contributed by atoms with Crippen LogP contribution in [-0.4, -0.2) is 19.3 Å². The Morgan fingerprint density at radius 3 is 2.79 bits per heavy atom. The van der Waals surface area contributed by atoms with Crippen LogP contribution in [0, 0.1) is 6.92 Å². The number of benzene rings is 1. The summed E-state index contributed by atoms with van der Waals surface area (Å²) in [5.41, 5.74) is 0.947. The second-order valence-corrected chi connectivity index (χ2v) is 4.14. The van der Waals surface area contributed by atoms with Crippen LogP contribution in [0.15, 0.2) is 12.1 Å². The molecule has 0 aromatic heterocycles. The second-order valence-electron chi connectivity index (χ2n) is 3.30. The van der Waals surface area contributed by atoms with E-state index in [0.717, 1.165) is 12.2 Å². The number of halogens is 2. The van der Waals surface area contributed by atoms with Gasteiger partial charge in [0.1, 0.15) is 18.5 Å². The van der Waals surface area contributed by atoms with E-state index in [-0.39, 0.29) is 6.10 Å². The van der Waals surface area contributed by atoms with Crippen molar-refractivity contribution in [3.05, 3.63) is 27.7 Å². The van der Waals surface area contributed by atoms with Crippen LogP contribution in [0.5, 0.6) is 5.75 Å². The van der Waals surface area contributed by atoms with E-state index in [9.17, 15) is 0 Å². The minimum Gasteiger partial charge on any atom is -0.489 e. The lowest BCUT2D eigenvalue weighted by Crippen LogP contribution is -2.05. The fourth-order valence-electron chi connectivity index (χ4n) is 1.21. The van der Waals surface area contributed by atoms with Crippen LogP contribution in [0.1, 0.15) is 5.56 Å². The predicted molar refractivity (Wildman–Crippen MR) is 56.4 cm³/mol. The number of epoxide rings is 1. The molecule has 0 bridgehead atoms. The van der Waals surface area contributed by atoms with E-state index in [1.54, 1.807) is 6.07 Å². The standard InChI is InChI=1S/C10H10Cl2O2/c1-6-2-7(11)3-9(12)10(6)14-5-8-4-13-8/h2-3,8H,4-5H2,1H3. The molecule has 0 aliphatic carbocycles. The molecule has 1 aromatic carbocycles. The average Bonchev–Trinajstić information content (AvgIpc) is 2.85. The van der Waals surface area contributed by atoms with Crippen molar-refractivity contribution < 1.29 is 9.47 Å². The monoisotopic (exact) mass is 232 g/mol. The van der Waals surface area contributed by atoms with Gasteiger partial charge in [-0.3, -0.25) is 0 Å². The molecule has 1 heterocycles. The molecule has 0 spiro atoms. The zero-order chi connectivity index (χ0) is 10.1. The Morgan fingerprint density at radius 1 is 1.50 bits per heavy atom. The first-order valence-electron chi connectivity index (χ1n) is 4.37. The summed E-state index contributed by atoms with van der Waals surface area (Å²) in [6.07, 6.45) is 0.237. The van der Waals surface area contributed by atoms with Crippen LogP contribution in [0.4, 0.5) is 0 Å². The van der Waals surface area contributed by atoms with Crippen LogP contribution in [-0.2, 0) is 4.74 Å². The summed E-state index contributed by atoms with van der Waals surface area (Å²) in [4.78, 5) is 0. The molecule has 1 fully saturated rings. The third-order valence-corrected chi connectivity index (χ3v) is 2.51. The van der Waals surface area contributed by atoms with E-state index >= 15 is 0 Å². The lowest BCUT2D eigenvalue weighted by molar-refractivity contribution is 0.262. The summed E-state index contributed by atoms with van der Waals surface area (Å²) in [6.45, 7) is 3.26. The van der Waals surface area contributed by atoms with Gasteiger partial charge in [0, 0.05) is 5.02 Å². The lowest BCUT2D eigenvalue weighted by Gasteiger charge is -2.09. The molecule has 1 aromatic rings. The Morgan fingerprint density at radius 2 is 2.21 bits per heavy atom. The topological polar surface area (TPSA) is 21.8 Å². The van der Waals surface area contributed by atoms with E-state index in [0.29, 0.717) is 22.4 Å². The maximum Gasteiger partial charge on any atom is 0.141 e. The van der Waals surface area contributed by atoms with Crippen molar-refractivity contribution in [2.75, 3.05) is 13.2 Å². The van der Waals surface area contributed by atoms with Crippen molar-refractivity contribution in [2.45, 2.75) is 13.0 Å². The van der Waals surface area contributed by atoms with Gasteiger partial charge in [-0.1, -0.05) is 23.2 Å². The zero-order valence-electron chi connectivity index (χ0n) is 7.72. The van der Waals surface area contributed by atoms with Crippen molar-refractivity contribution >= 4 is 23.2 Å². The minimum absolute atomic E-state index is 0.237. The number of rotatable bonds is 3. The van der Waals surface area contributed by atoms with Gasteiger partial charge in [0.25, 0.3) is 0 Å². The second kappa shape index (κ2) is 3.97. The molecule has 0 saturated carbocycles. The van der Waals surface area contributed by atoms with Crippen LogP contribution in [0.25, 0.3) is 0 Å². The van der Waals surface area contributed by atoms with Gasteiger partial charge in [-0.25, -0.2) is 0 Å². The highest BCUT2D eigenvalue weighted by Gasteiger charge is 2.23. The molecule has 0 radical (unpaired) electrons. The number of aryl methyl sites for hydroxylation is 1. The summed E-state index contributed by atoms with van der Waals surface area (Å²) >= 11 is 11.8. The summed E-state index contributed by atoms with van der Waals surface area (Å²) in [7, 11) is 0. The van der Waals surface area contributed by atoms with Crippen molar-refractivity contribution in [3.8, 4) is 5.75 Å². The average molecular weight is 233 g/mol. The molecule has 1 atom stereocenters. The Bertz CT molecular complexity index is 325. The number of hydrogen-bond donors (Lipinski definition) is 0. The SMILES string of the molecule is Cc1cc(Cl)cc(Cl)c1OCC1CO1. The van der Waals surface area contributed by atoms with E-state index in [1.807, 2.05) is 13.0 Å². The highest BCUT2D eigenvalue weighted by atomic mass is 35.5. The van der Waals surface area contributed by atoms with Crippen molar-refractivity contribution in [1.82, 2.24) is 0 Å². The first kappa shape index (κ1) is 10.1. The zero-order valence-corrected chi connectivity index (χ0v) is 9.23. The minimum atomic E-state index is 0.237. The molecule has 0 N–H and O–H groups in total. The highest BCUT2D eigenvalue weighted by molar-refractivity contribution is 6.35. The molecule has 1 unspecified atom stereocenters. The third-order valence-electron chi connectivity index (χ3n) is 2.01. The molecular formula is C10H10Cl2O2. The maximum absolute atomic E-state index is 5.99. The Hall–Kier alpha value is -0.440. The van der Waals surface area contributed by atoms with E-state index in [1.165, 1.54) is 0 Å². The van der Waals surface area contributed by atoms with Crippen molar-refractivity contribution in [1.29, 1.82) is 0 Å². The molecule has 14 heavy (non-hydrogen) atoms. The molecule has 4 heteroatoms. The van der Waals surface area contributed by atoms with Gasteiger partial charge in [-0.05, 0) is 24.6 Å². The van der Waals surface area contributed by atoms with E-state index < -0.39 is 0 Å². The molecule has 1 saturated heterocycles. The van der Waals surface area contributed by atoms with Crippen LogP contribution in [0.2, 0.25) is 10.0 Å². The van der Waals surface area contributed by atoms with Crippen LogP contribution >= 0.6 is 23.2 Å². The first-order valence-corrected chi connectivity index (χ1v) is 5.12. The van der Waals surface area contributed by atoms with Crippen LogP contribution in [0.3, 0.4) is 0 Å². The fourth-order valence-corrected chi connectivity index (χ4v) is 1.86. The molecule has 2 rings (SSSR count). The largest absolute Gasteiger partial charge is 0.489 e. The highest BCUT2D eigenvalue weighted by Crippen LogP contribution is 2.32. The smallest absolute Gasteiger partial charge is 0.141 e. The van der Waals surface area contributed by atoms with Gasteiger partial charge >= 0.3 is 0 Å².